The molecule has 0 spiro atoms. The lowest BCUT2D eigenvalue weighted by molar-refractivity contribution is -0.139. The Balaban J connectivity index is 1.96. The predicted molar refractivity (Wildman–Crippen MR) is 88.0 cm³/mol. The van der Waals surface area contributed by atoms with Crippen molar-refractivity contribution in [1.82, 2.24) is 9.62 Å². The van der Waals surface area contributed by atoms with E-state index in [0.717, 1.165) is 18.9 Å². The average molecular weight is 359 g/mol. The van der Waals surface area contributed by atoms with Crippen molar-refractivity contribution in [3.05, 3.63) is 24.0 Å². The number of hydrogen-bond acceptors (Lipinski definition) is 5. The molecule has 0 radical (unpaired) electrons. The highest BCUT2D eigenvalue weighted by Gasteiger charge is 2.34. The smallest absolute Gasteiger partial charge is 0.317 e. The lowest BCUT2D eigenvalue weighted by Gasteiger charge is -2.42. The van der Waals surface area contributed by atoms with Crippen molar-refractivity contribution >= 4 is 21.7 Å². The summed E-state index contributed by atoms with van der Waals surface area (Å²) in [7, 11) is -2.40. The minimum Gasteiger partial charge on any atom is -0.480 e. The summed E-state index contributed by atoms with van der Waals surface area (Å²) in [4.78, 5) is 12.6. The van der Waals surface area contributed by atoms with Gasteiger partial charge in [-0.2, -0.15) is 0 Å². The number of rotatable bonds is 8. The van der Waals surface area contributed by atoms with Gasteiger partial charge >= 0.3 is 5.97 Å². The van der Waals surface area contributed by atoms with E-state index in [0.29, 0.717) is 6.54 Å². The van der Waals surface area contributed by atoms with Gasteiger partial charge in [-0.05, 0) is 44.6 Å². The van der Waals surface area contributed by atoms with Gasteiger partial charge in [-0.25, -0.2) is 17.5 Å². The molecule has 1 aromatic carbocycles. The van der Waals surface area contributed by atoms with Gasteiger partial charge in [-0.3, -0.25) is 9.69 Å². The first-order valence-electron chi connectivity index (χ1n) is 7.72. The zero-order chi connectivity index (χ0) is 17.9. The second kappa shape index (κ2) is 7.45. The molecule has 0 atom stereocenters. The summed E-state index contributed by atoms with van der Waals surface area (Å²) in [5, 5.41) is 11.9. The van der Waals surface area contributed by atoms with Crippen molar-refractivity contribution in [2.24, 2.45) is 0 Å². The summed E-state index contributed by atoms with van der Waals surface area (Å²) in [6, 6.07) is 3.93. The molecule has 2 rings (SSSR count). The van der Waals surface area contributed by atoms with Crippen LogP contribution in [0.4, 0.5) is 10.1 Å². The molecule has 1 saturated carbocycles. The maximum Gasteiger partial charge on any atom is 0.317 e. The molecule has 9 heteroatoms. The fraction of sp³-hybridized carbons (Fsp3) is 0.533. The number of likely N-dealkylation sites (N-methyl/N-ethyl adjacent to an activating group) is 1. The van der Waals surface area contributed by atoms with E-state index >= 15 is 0 Å². The van der Waals surface area contributed by atoms with Crippen LogP contribution >= 0.6 is 0 Å². The number of carbonyl (C=O) groups is 1. The van der Waals surface area contributed by atoms with Gasteiger partial charge in [0.25, 0.3) is 0 Å². The molecule has 24 heavy (non-hydrogen) atoms. The van der Waals surface area contributed by atoms with E-state index in [1.54, 1.807) is 0 Å². The van der Waals surface area contributed by atoms with Gasteiger partial charge in [0, 0.05) is 12.1 Å². The summed E-state index contributed by atoms with van der Waals surface area (Å²) in [5.74, 6) is -1.49. The molecule has 3 N–H and O–H groups in total. The Hall–Kier alpha value is -1.71. The Morgan fingerprint density at radius 3 is 2.58 bits per heavy atom. The maximum absolute atomic E-state index is 14.1. The molecule has 0 unspecified atom stereocenters. The minimum absolute atomic E-state index is 0.00117. The van der Waals surface area contributed by atoms with Crippen LogP contribution in [0.2, 0.25) is 0 Å². The average Bonchev–Trinajstić information content (AvgIpc) is 2.49. The standard InChI is InChI=1S/C15H22FN3O4S/c1-3-19(9-15(20)21)11-6-10(7-11)18-14-5-4-12(8-13(14)16)24(22,23)17-2/h4-5,8,10-11,17-18H,3,6-7,9H2,1-2H3,(H,20,21). The molecule has 0 amide bonds. The summed E-state index contributed by atoms with van der Waals surface area (Å²) in [6.07, 6.45) is 1.44. The number of hydrogen-bond donors (Lipinski definition) is 3. The molecule has 134 valence electrons. The van der Waals surface area contributed by atoms with Crippen molar-refractivity contribution in [1.29, 1.82) is 0 Å². The van der Waals surface area contributed by atoms with E-state index in [2.05, 4.69) is 10.0 Å². The van der Waals surface area contributed by atoms with Gasteiger partial charge in [0.2, 0.25) is 10.0 Å². The maximum atomic E-state index is 14.1. The van der Waals surface area contributed by atoms with Crippen LogP contribution in [0.5, 0.6) is 0 Å². The molecule has 0 heterocycles. The number of sulfonamides is 1. The summed E-state index contributed by atoms with van der Waals surface area (Å²) in [5.41, 5.74) is 0.245. The van der Waals surface area contributed by atoms with E-state index in [-0.39, 0.29) is 29.2 Å². The number of aliphatic carboxylic acids is 1. The van der Waals surface area contributed by atoms with E-state index in [9.17, 15) is 17.6 Å². The highest BCUT2D eigenvalue weighted by Crippen LogP contribution is 2.30. The highest BCUT2D eigenvalue weighted by molar-refractivity contribution is 7.89. The molecule has 0 aliphatic heterocycles. The molecular weight excluding hydrogens is 337 g/mol. The Bertz CT molecular complexity index is 705. The van der Waals surface area contributed by atoms with Crippen LogP contribution in [0, 0.1) is 5.82 Å². The first kappa shape index (κ1) is 18.6. The number of nitrogens with zero attached hydrogens (tertiary/aromatic N) is 1. The van der Waals surface area contributed by atoms with Crippen LogP contribution < -0.4 is 10.0 Å². The van der Waals surface area contributed by atoms with Crippen LogP contribution in [0.1, 0.15) is 19.8 Å². The summed E-state index contributed by atoms with van der Waals surface area (Å²) < 4.78 is 39.5. The van der Waals surface area contributed by atoms with Gasteiger partial charge in [-0.15, -0.1) is 0 Å². The van der Waals surface area contributed by atoms with Crippen molar-refractivity contribution in [2.75, 3.05) is 25.5 Å². The van der Waals surface area contributed by atoms with Gasteiger partial charge in [0.15, 0.2) is 0 Å². The van der Waals surface area contributed by atoms with E-state index in [4.69, 9.17) is 5.11 Å². The molecule has 7 nitrogen and oxygen atoms in total. The van der Waals surface area contributed by atoms with Gasteiger partial charge in [-0.1, -0.05) is 6.92 Å². The third-order valence-electron chi connectivity index (χ3n) is 4.25. The lowest BCUT2D eigenvalue weighted by Crippen LogP contribution is -2.51. The lowest BCUT2D eigenvalue weighted by atomic mass is 9.85. The topological polar surface area (TPSA) is 98.7 Å². The van der Waals surface area contributed by atoms with Gasteiger partial charge in [0.1, 0.15) is 5.82 Å². The van der Waals surface area contributed by atoms with E-state index in [1.807, 2.05) is 11.8 Å². The molecule has 0 aromatic heterocycles. The Morgan fingerprint density at radius 2 is 2.08 bits per heavy atom. The first-order valence-corrected chi connectivity index (χ1v) is 9.20. The second-order valence-corrected chi connectivity index (χ2v) is 7.66. The predicted octanol–water partition coefficient (Wildman–Crippen LogP) is 1.08. The van der Waals surface area contributed by atoms with Crippen LogP contribution in [-0.2, 0) is 14.8 Å². The van der Waals surface area contributed by atoms with Gasteiger partial charge in [0.05, 0.1) is 17.1 Å². The zero-order valence-corrected chi connectivity index (χ0v) is 14.4. The molecule has 0 bridgehead atoms. The highest BCUT2D eigenvalue weighted by atomic mass is 32.2. The SMILES string of the molecule is CCN(CC(=O)O)C1CC(Nc2ccc(S(=O)(=O)NC)cc2F)C1. The largest absolute Gasteiger partial charge is 0.480 e. The van der Waals surface area contributed by atoms with E-state index < -0.39 is 21.8 Å². The number of halogens is 1. The third-order valence-corrected chi connectivity index (χ3v) is 5.67. The van der Waals surface area contributed by atoms with Crippen LogP contribution in [-0.4, -0.2) is 56.6 Å². The fourth-order valence-corrected chi connectivity index (χ4v) is 3.54. The Morgan fingerprint density at radius 1 is 1.42 bits per heavy atom. The molecule has 0 saturated heterocycles. The molecular formula is C15H22FN3O4S. The van der Waals surface area contributed by atoms with Gasteiger partial charge < -0.3 is 10.4 Å². The summed E-state index contributed by atoms with van der Waals surface area (Å²) in [6.45, 7) is 2.55. The monoisotopic (exact) mass is 359 g/mol. The van der Waals surface area contributed by atoms with Crippen LogP contribution in [0.15, 0.2) is 23.1 Å². The van der Waals surface area contributed by atoms with Crippen molar-refractivity contribution < 1.29 is 22.7 Å². The first-order chi connectivity index (χ1) is 11.3. The van der Waals surface area contributed by atoms with Crippen LogP contribution in [0.25, 0.3) is 0 Å². The third kappa shape index (κ3) is 4.22. The number of benzene rings is 1. The Kier molecular flexibility index (Phi) is 5.79. The summed E-state index contributed by atoms with van der Waals surface area (Å²) >= 11 is 0. The normalized spacial score (nSPS) is 20.7. The molecule has 1 aliphatic rings. The van der Waals surface area contributed by atoms with E-state index in [1.165, 1.54) is 19.2 Å². The van der Waals surface area contributed by atoms with Crippen molar-refractivity contribution in [2.45, 2.75) is 36.7 Å². The Labute approximate surface area is 140 Å². The number of carboxylic acids is 1. The fourth-order valence-electron chi connectivity index (χ4n) is 2.79. The quantitative estimate of drug-likeness (QED) is 0.643. The second-order valence-electron chi connectivity index (χ2n) is 5.77. The molecule has 1 aromatic rings. The number of nitrogens with one attached hydrogen (secondary N) is 2. The van der Waals surface area contributed by atoms with Crippen LogP contribution in [0.3, 0.4) is 0 Å². The van der Waals surface area contributed by atoms with Crippen molar-refractivity contribution in [3.8, 4) is 0 Å². The zero-order valence-electron chi connectivity index (χ0n) is 13.6. The molecule has 1 aliphatic carbocycles. The number of carboxylic acid groups (broad SMARTS) is 1. The van der Waals surface area contributed by atoms with Crippen molar-refractivity contribution in [3.63, 3.8) is 0 Å². The minimum atomic E-state index is -3.67. The number of anilines is 1. The molecule has 1 fully saturated rings.